The number of para-hydroxylation sites is 2. The van der Waals surface area contributed by atoms with Gasteiger partial charge in [0.05, 0.1) is 17.5 Å². The van der Waals surface area contributed by atoms with Gasteiger partial charge in [-0.2, -0.15) is 5.10 Å². The van der Waals surface area contributed by atoms with Crippen LogP contribution in [0.25, 0.3) is 5.69 Å². The molecule has 0 spiro atoms. The van der Waals surface area contributed by atoms with E-state index < -0.39 is 5.91 Å². The summed E-state index contributed by atoms with van der Waals surface area (Å²) in [5.74, 6) is 0.231. The summed E-state index contributed by atoms with van der Waals surface area (Å²) in [6.07, 6.45) is 1.33. The van der Waals surface area contributed by atoms with E-state index in [0.29, 0.717) is 17.0 Å². The van der Waals surface area contributed by atoms with Gasteiger partial charge >= 0.3 is 0 Å². The van der Waals surface area contributed by atoms with E-state index in [1.54, 1.807) is 13.0 Å². The fourth-order valence-electron chi connectivity index (χ4n) is 2.53. The van der Waals surface area contributed by atoms with Gasteiger partial charge in [-0.05, 0) is 37.6 Å². The van der Waals surface area contributed by atoms with Crippen LogP contribution < -0.4 is 15.7 Å². The van der Waals surface area contributed by atoms with Crippen molar-refractivity contribution in [3.05, 3.63) is 81.8 Å². The molecule has 138 valence electrons. The molecule has 1 heterocycles. The van der Waals surface area contributed by atoms with Crippen LogP contribution in [0, 0.1) is 13.8 Å². The molecule has 0 saturated carbocycles. The van der Waals surface area contributed by atoms with Crippen LogP contribution in [0.3, 0.4) is 0 Å². The smallest absolute Gasteiger partial charge is 0.280 e. The van der Waals surface area contributed by atoms with Gasteiger partial charge in [-0.25, -0.2) is 10.1 Å². The van der Waals surface area contributed by atoms with Crippen LogP contribution in [0.4, 0.5) is 0 Å². The maximum atomic E-state index is 12.5. The fourth-order valence-corrected chi connectivity index (χ4v) is 2.53. The first kappa shape index (κ1) is 18.2. The van der Waals surface area contributed by atoms with Crippen molar-refractivity contribution in [2.75, 3.05) is 6.61 Å². The molecule has 0 bridgehead atoms. The summed E-state index contributed by atoms with van der Waals surface area (Å²) in [7, 11) is 0. The molecule has 2 aromatic carbocycles. The molecule has 7 nitrogen and oxygen atoms in total. The molecule has 0 saturated heterocycles. The molecule has 0 aliphatic carbocycles. The van der Waals surface area contributed by atoms with Crippen LogP contribution in [0.2, 0.25) is 0 Å². The Balaban J connectivity index is 1.63. The third-order valence-electron chi connectivity index (χ3n) is 3.97. The zero-order chi connectivity index (χ0) is 19.2. The van der Waals surface area contributed by atoms with Gasteiger partial charge in [0.2, 0.25) is 0 Å². The highest BCUT2D eigenvalue weighted by atomic mass is 16.5. The van der Waals surface area contributed by atoms with Gasteiger partial charge in [0.25, 0.3) is 11.5 Å². The van der Waals surface area contributed by atoms with Crippen molar-refractivity contribution in [1.82, 2.24) is 15.2 Å². The minimum atomic E-state index is -0.411. The van der Waals surface area contributed by atoms with E-state index in [9.17, 15) is 9.59 Å². The maximum Gasteiger partial charge on any atom is 0.280 e. The fraction of sp³-hybridized carbons (Fsp3) is 0.150. The van der Waals surface area contributed by atoms with Crippen molar-refractivity contribution in [1.29, 1.82) is 0 Å². The average Bonchev–Trinajstić information content (AvgIpc) is 2.96. The molecular formula is C20H20N4O3. The van der Waals surface area contributed by atoms with E-state index in [1.165, 1.54) is 10.9 Å². The molecule has 2 N–H and O–H groups in total. The van der Waals surface area contributed by atoms with Gasteiger partial charge in [-0.1, -0.05) is 36.4 Å². The van der Waals surface area contributed by atoms with Crippen molar-refractivity contribution in [2.45, 2.75) is 13.8 Å². The van der Waals surface area contributed by atoms with Crippen LogP contribution in [0.15, 0.2) is 64.5 Å². The lowest BCUT2D eigenvalue weighted by molar-refractivity contribution is -0.123. The van der Waals surface area contributed by atoms with Gasteiger partial charge in [0, 0.05) is 5.69 Å². The molecule has 1 amide bonds. The van der Waals surface area contributed by atoms with Crippen LogP contribution in [-0.4, -0.2) is 28.5 Å². The number of nitrogens with zero attached hydrogens (tertiary/aromatic N) is 2. The Morgan fingerprint density at radius 2 is 1.85 bits per heavy atom. The monoisotopic (exact) mass is 364 g/mol. The summed E-state index contributed by atoms with van der Waals surface area (Å²) in [6, 6.07) is 16.6. The molecule has 0 radical (unpaired) electrons. The molecule has 1 aromatic heterocycles. The van der Waals surface area contributed by atoms with Crippen LogP contribution in [-0.2, 0) is 4.79 Å². The second-order valence-corrected chi connectivity index (χ2v) is 5.97. The lowest BCUT2D eigenvalue weighted by Gasteiger charge is -2.07. The first-order valence-electron chi connectivity index (χ1n) is 8.43. The predicted octanol–water partition coefficient (Wildman–Crippen LogP) is 2.31. The minimum Gasteiger partial charge on any atom is -0.483 e. The zero-order valence-corrected chi connectivity index (χ0v) is 15.1. The first-order valence-corrected chi connectivity index (χ1v) is 8.43. The summed E-state index contributed by atoms with van der Waals surface area (Å²) >= 11 is 0. The number of nitrogens with one attached hydrogen (secondary N) is 2. The van der Waals surface area contributed by atoms with Crippen LogP contribution in [0.1, 0.15) is 16.8 Å². The largest absolute Gasteiger partial charge is 0.483 e. The molecule has 3 rings (SSSR count). The number of hydrogen-bond donors (Lipinski definition) is 2. The van der Waals surface area contributed by atoms with Gasteiger partial charge < -0.3 is 4.74 Å². The summed E-state index contributed by atoms with van der Waals surface area (Å²) in [5.41, 5.74) is 4.82. The van der Waals surface area contributed by atoms with Crippen molar-refractivity contribution in [3.8, 4) is 11.4 Å². The van der Waals surface area contributed by atoms with E-state index in [-0.39, 0.29) is 12.2 Å². The number of benzene rings is 2. The zero-order valence-electron chi connectivity index (χ0n) is 15.1. The second-order valence-electron chi connectivity index (χ2n) is 5.97. The highest BCUT2D eigenvalue weighted by molar-refractivity contribution is 5.83. The SMILES string of the molecule is Cc1ccccc1OCC(=O)N/N=C/c1c(C)[nH]n(-c2ccccc2)c1=O. The molecule has 0 atom stereocenters. The summed E-state index contributed by atoms with van der Waals surface area (Å²) in [5, 5.41) is 6.86. The standard InChI is InChI=1S/C20H20N4O3/c1-14-8-6-7-11-18(14)27-13-19(25)22-21-12-17-15(2)23-24(20(17)26)16-9-4-3-5-10-16/h3-12,23H,13H2,1-2H3,(H,22,25)/b21-12+. The molecule has 0 fully saturated rings. The number of amides is 1. The third kappa shape index (κ3) is 4.33. The number of carbonyl (C=O) groups is 1. The number of aromatic nitrogens is 2. The van der Waals surface area contributed by atoms with E-state index in [1.807, 2.05) is 55.5 Å². The number of H-pyrrole nitrogens is 1. The number of hydrogen-bond acceptors (Lipinski definition) is 4. The molecule has 0 aliphatic heterocycles. The molecule has 0 aliphatic rings. The van der Waals surface area contributed by atoms with Crippen molar-refractivity contribution >= 4 is 12.1 Å². The first-order chi connectivity index (χ1) is 13.1. The third-order valence-corrected chi connectivity index (χ3v) is 3.97. The second kappa shape index (κ2) is 8.18. The van der Waals surface area contributed by atoms with E-state index in [2.05, 4.69) is 15.6 Å². The number of aryl methyl sites for hydroxylation is 2. The quantitative estimate of drug-likeness (QED) is 0.520. The maximum absolute atomic E-state index is 12.5. The number of rotatable bonds is 6. The summed E-state index contributed by atoms with van der Waals surface area (Å²) in [6.45, 7) is 3.51. The van der Waals surface area contributed by atoms with Gasteiger partial charge in [-0.3, -0.25) is 14.7 Å². The Morgan fingerprint density at radius 1 is 1.15 bits per heavy atom. The predicted molar refractivity (Wildman–Crippen MR) is 104 cm³/mol. The summed E-state index contributed by atoms with van der Waals surface area (Å²) < 4.78 is 6.88. The van der Waals surface area contributed by atoms with Crippen molar-refractivity contribution < 1.29 is 9.53 Å². The Bertz CT molecular complexity index is 1020. The van der Waals surface area contributed by atoms with Crippen LogP contribution >= 0.6 is 0 Å². The van der Waals surface area contributed by atoms with E-state index in [4.69, 9.17) is 4.74 Å². The average molecular weight is 364 g/mol. The molecule has 0 unspecified atom stereocenters. The van der Waals surface area contributed by atoms with Gasteiger partial charge in [-0.15, -0.1) is 0 Å². The Morgan fingerprint density at radius 3 is 2.59 bits per heavy atom. The molecule has 3 aromatic rings. The normalized spacial score (nSPS) is 10.9. The summed E-state index contributed by atoms with van der Waals surface area (Å²) in [4.78, 5) is 24.4. The molecular weight excluding hydrogens is 344 g/mol. The van der Waals surface area contributed by atoms with Gasteiger partial charge in [0.1, 0.15) is 5.75 Å². The van der Waals surface area contributed by atoms with Crippen molar-refractivity contribution in [3.63, 3.8) is 0 Å². The number of hydrazone groups is 1. The Kier molecular flexibility index (Phi) is 5.51. The lowest BCUT2D eigenvalue weighted by atomic mass is 10.2. The van der Waals surface area contributed by atoms with E-state index >= 15 is 0 Å². The topological polar surface area (TPSA) is 88.5 Å². The number of aromatic amines is 1. The highest BCUT2D eigenvalue weighted by Gasteiger charge is 2.10. The molecule has 27 heavy (non-hydrogen) atoms. The molecule has 7 heteroatoms. The van der Waals surface area contributed by atoms with Crippen molar-refractivity contribution in [2.24, 2.45) is 5.10 Å². The number of ether oxygens (including phenoxy) is 1. The number of carbonyl (C=O) groups excluding carboxylic acids is 1. The Labute approximate surface area is 156 Å². The highest BCUT2D eigenvalue weighted by Crippen LogP contribution is 2.15. The lowest BCUT2D eigenvalue weighted by Crippen LogP contribution is -2.25. The van der Waals surface area contributed by atoms with Gasteiger partial charge in [0.15, 0.2) is 6.61 Å². The minimum absolute atomic E-state index is 0.164. The Hall–Kier alpha value is -3.61. The van der Waals surface area contributed by atoms with E-state index in [0.717, 1.165) is 11.3 Å². The van der Waals surface area contributed by atoms with Crippen LogP contribution in [0.5, 0.6) is 5.75 Å².